The predicted molar refractivity (Wildman–Crippen MR) is 99.9 cm³/mol. The molecule has 2 N–H and O–H groups in total. The zero-order chi connectivity index (χ0) is 19.0. The molecule has 1 aliphatic heterocycles. The molecular formula is C22H36O5. The molecule has 9 atom stereocenters. The summed E-state index contributed by atoms with van der Waals surface area (Å²) in [6.45, 7) is 6.02. The first-order valence-corrected chi connectivity index (χ1v) is 11.0. The van der Waals surface area contributed by atoms with Gasteiger partial charge in [0.1, 0.15) is 0 Å². The predicted octanol–water partition coefficient (Wildman–Crippen LogP) is 2.73. The van der Waals surface area contributed by atoms with E-state index in [0.29, 0.717) is 31.5 Å². The van der Waals surface area contributed by atoms with Crippen LogP contribution >= 0.6 is 0 Å². The summed E-state index contributed by atoms with van der Waals surface area (Å²) in [4.78, 5) is 0. The van der Waals surface area contributed by atoms with Crippen molar-refractivity contribution in [1.82, 2.24) is 0 Å². The molecule has 5 aliphatic rings. The molecule has 5 fully saturated rings. The number of hydrogen-bond acceptors (Lipinski definition) is 5. The van der Waals surface area contributed by atoms with Gasteiger partial charge < -0.3 is 24.4 Å². The van der Waals surface area contributed by atoms with Crippen LogP contribution in [0, 0.1) is 34.5 Å². The highest BCUT2D eigenvalue weighted by Crippen LogP contribution is 2.67. The third-order valence-corrected chi connectivity index (χ3v) is 9.77. The van der Waals surface area contributed by atoms with Crippen molar-refractivity contribution in [3.8, 4) is 0 Å². The smallest absolute Gasteiger partial charge is 0.168 e. The van der Waals surface area contributed by atoms with Crippen molar-refractivity contribution in [1.29, 1.82) is 0 Å². The quantitative estimate of drug-likeness (QED) is 0.732. The lowest BCUT2D eigenvalue weighted by molar-refractivity contribution is -0.270. The van der Waals surface area contributed by atoms with E-state index in [9.17, 15) is 10.2 Å². The number of rotatable bonds is 1. The van der Waals surface area contributed by atoms with E-state index in [2.05, 4.69) is 13.8 Å². The van der Waals surface area contributed by atoms with Crippen LogP contribution in [0.1, 0.15) is 58.8 Å². The molecule has 0 aromatic carbocycles. The largest absolute Gasteiger partial charge is 0.390 e. The average Bonchev–Trinajstić information content (AvgIpc) is 3.25. The summed E-state index contributed by atoms with van der Waals surface area (Å²) in [5.74, 6) is 0.617. The SMILES string of the molecule is CO[C@H]1CC[C@H]2[C@@H]3[C@@H](O)[C@H](O)[C@H]4CC5(CC[C@]4(C)[C@H]3CC[C@]12C)OCCO5. The van der Waals surface area contributed by atoms with Crippen LogP contribution in [0.4, 0.5) is 0 Å². The number of hydrogen-bond donors (Lipinski definition) is 2. The van der Waals surface area contributed by atoms with Crippen molar-refractivity contribution in [3.05, 3.63) is 0 Å². The zero-order valence-electron chi connectivity index (χ0n) is 17.0. The van der Waals surface area contributed by atoms with Gasteiger partial charge in [-0.05, 0) is 66.6 Å². The Morgan fingerprint density at radius 2 is 1.52 bits per heavy atom. The van der Waals surface area contributed by atoms with Gasteiger partial charge >= 0.3 is 0 Å². The highest BCUT2D eigenvalue weighted by atomic mass is 16.7. The maximum absolute atomic E-state index is 11.3. The fraction of sp³-hybridized carbons (Fsp3) is 1.00. The second kappa shape index (κ2) is 6.15. The Morgan fingerprint density at radius 1 is 0.815 bits per heavy atom. The van der Waals surface area contributed by atoms with Crippen molar-refractivity contribution >= 4 is 0 Å². The summed E-state index contributed by atoms with van der Waals surface area (Å²) in [5, 5.41) is 22.6. The second-order valence-corrected chi connectivity index (χ2v) is 10.5. The van der Waals surface area contributed by atoms with E-state index < -0.39 is 18.0 Å². The molecule has 0 aromatic rings. The van der Waals surface area contributed by atoms with Gasteiger partial charge in [-0.2, -0.15) is 0 Å². The molecule has 154 valence electrons. The van der Waals surface area contributed by atoms with E-state index in [-0.39, 0.29) is 28.8 Å². The Bertz CT molecular complexity index is 589. The topological polar surface area (TPSA) is 68.2 Å². The molecule has 1 saturated heterocycles. The van der Waals surface area contributed by atoms with Crippen LogP contribution in [0.3, 0.4) is 0 Å². The maximum atomic E-state index is 11.3. The Balaban J connectivity index is 1.48. The van der Waals surface area contributed by atoms with E-state index in [0.717, 1.165) is 32.1 Å². The Hall–Kier alpha value is -0.200. The molecule has 5 rings (SSSR count). The molecule has 27 heavy (non-hydrogen) atoms. The summed E-state index contributed by atoms with van der Waals surface area (Å²) in [6, 6.07) is 0. The third-order valence-electron chi connectivity index (χ3n) is 9.77. The van der Waals surface area contributed by atoms with E-state index in [1.807, 2.05) is 7.11 Å². The fourth-order valence-electron chi connectivity index (χ4n) is 8.29. The van der Waals surface area contributed by atoms with Crippen molar-refractivity contribution < 1.29 is 24.4 Å². The van der Waals surface area contributed by atoms with Gasteiger partial charge in [-0.25, -0.2) is 0 Å². The van der Waals surface area contributed by atoms with Crippen molar-refractivity contribution in [2.75, 3.05) is 20.3 Å². The first kappa shape index (κ1) is 18.8. The molecule has 4 aliphatic carbocycles. The van der Waals surface area contributed by atoms with Gasteiger partial charge in [0.15, 0.2) is 5.79 Å². The van der Waals surface area contributed by atoms with Crippen LogP contribution in [-0.2, 0) is 14.2 Å². The summed E-state index contributed by atoms with van der Waals surface area (Å²) in [6.07, 6.45) is 6.07. The minimum absolute atomic E-state index is 0.0459. The van der Waals surface area contributed by atoms with E-state index in [4.69, 9.17) is 14.2 Å². The molecule has 1 spiro atoms. The molecular weight excluding hydrogens is 344 g/mol. The Morgan fingerprint density at radius 3 is 2.22 bits per heavy atom. The molecule has 4 saturated carbocycles. The van der Waals surface area contributed by atoms with Gasteiger partial charge in [-0.1, -0.05) is 13.8 Å². The van der Waals surface area contributed by atoms with Crippen LogP contribution in [0.15, 0.2) is 0 Å². The molecule has 5 nitrogen and oxygen atoms in total. The minimum Gasteiger partial charge on any atom is -0.390 e. The lowest BCUT2D eigenvalue weighted by Crippen LogP contribution is -2.65. The monoisotopic (exact) mass is 380 g/mol. The first-order valence-electron chi connectivity index (χ1n) is 11.0. The number of ether oxygens (including phenoxy) is 3. The van der Waals surface area contributed by atoms with Crippen molar-refractivity contribution in [3.63, 3.8) is 0 Å². The van der Waals surface area contributed by atoms with Crippen molar-refractivity contribution in [2.24, 2.45) is 34.5 Å². The number of aliphatic hydroxyl groups excluding tert-OH is 2. The first-order chi connectivity index (χ1) is 12.8. The molecule has 0 radical (unpaired) electrons. The van der Waals surface area contributed by atoms with E-state index >= 15 is 0 Å². The molecule has 5 heteroatoms. The highest BCUT2D eigenvalue weighted by Gasteiger charge is 2.66. The summed E-state index contributed by atoms with van der Waals surface area (Å²) in [5.41, 5.74) is 0.184. The number of aliphatic hydroxyl groups is 2. The van der Waals surface area contributed by atoms with E-state index in [1.165, 1.54) is 6.42 Å². The van der Waals surface area contributed by atoms with Gasteiger partial charge in [0.25, 0.3) is 0 Å². The normalized spacial score (nSPS) is 56.6. The van der Waals surface area contributed by atoms with Gasteiger partial charge in [-0.3, -0.25) is 0 Å². The summed E-state index contributed by atoms with van der Waals surface area (Å²) >= 11 is 0. The zero-order valence-corrected chi connectivity index (χ0v) is 17.0. The van der Waals surface area contributed by atoms with Crippen molar-refractivity contribution in [2.45, 2.75) is 82.9 Å². The Kier molecular flexibility index (Phi) is 4.28. The van der Waals surface area contributed by atoms with Crippen LogP contribution in [0.2, 0.25) is 0 Å². The van der Waals surface area contributed by atoms with Gasteiger partial charge in [-0.15, -0.1) is 0 Å². The lowest BCUT2D eigenvalue weighted by atomic mass is 9.43. The van der Waals surface area contributed by atoms with Gasteiger partial charge in [0, 0.05) is 20.0 Å². The molecule has 0 bridgehead atoms. The number of methoxy groups -OCH3 is 1. The molecule has 1 heterocycles. The van der Waals surface area contributed by atoms with Crippen LogP contribution in [0.25, 0.3) is 0 Å². The minimum atomic E-state index is -0.690. The van der Waals surface area contributed by atoms with Crippen LogP contribution < -0.4 is 0 Å². The molecule has 0 aromatic heterocycles. The highest BCUT2D eigenvalue weighted by molar-refractivity contribution is 5.14. The standard InChI is InChI=1S/C22H36O5/c1-20-8-9-22(26-10-11-27-22)12-15(20)18(23)19(24)17-13-4-5-16(25-3)21(13,2)7-6-14(17)20/h13-19,23-24H,4-12H2,1-3H3/t13-,14-,15+,16-,17-,18+,19+,20+,21-/m0/s1. The third kappa shape index (κ3) is 2.41. The summed E-state index contributed by atoms with van der Waals surface area (Å²) in [7, 11) is 1.83. The molecule has 0 unspecified atom stereocenters. The fourth-order valence-corrected chi connectivity index (χ4v) is 8.29. The Labute approximate surface area is 162 Å². The lowest BCUT2D eigenvalue weighted by Gasteiger charge is -2.64. The average molecular weight is 381 g/mol. The molecule has 0 amide bonds. The van der Waals surface area contributed by atoms with Crippen LogP contribution in [0.5, 0.6) is 0 Å². The second-order valence-electron chi connectivity index (χ2n) is 10.5. The van der Waals surface area contributed by atoms with E-state index in [1.54, 1.807) is 0 Å². The van der Waals surface area contributed by atoms with Gasteiger partial charge in [0.2, 0.25) is 0 Å². The van der Waals surface area contributed by atoms with Gasteiger partial charge in [0.05, 0.1) is 31.5 Å². The number of fused-ring (bicyclic) bond motifs is 5. The van der Waals surface area contributed by atoms with Crippen LogP contribution in [-0.4, -0.2) is 54.6 Å². The summed E-state index contributed by atoms with van der Waals surface area (Å²) < 4.78 is 17.8. The maximum Gasteiger partial charge on any atom is 0.168 e.